The van der Waals surface area contributed by atoms with Crippen LogP contribution < -0.4 is 0 Å². The van der Waals surface area contributed by atoms with Crippen molar-refractivity contribution in [3.05, 3.63) is 52.9 Å². The summed E-state index contributed by atoms with van der Waals surface area (Å²) in [5.41, 5.74) is 1.55. The Morgan fingerprint density at radius 1 is 1.21 bits per heavy atom. The van der Waals surface area contributed by atoms with Crippen molar-refractivity contribution in [2.24, 2.45) is 0 Å². The maximum absolute atomic E-state index is 13.1. The van der Waals surface area contributed by atoms with Crippen LogP contribution in [0.4, 0.5) is 0 Å². The van der Waals surface area contributed by atoms with Crippen LogP contribution in [0.3, 0.4) is 0 Å². The van der Waals surface area contributed by atoms with Crippen LogP contribution in [0.25, 0.3) is 0 Å². The summed E-state index contributed by atoms with van der Waals surface area (Å²) >= 11 is 0. The highest BCUT2D eigenvalue weighted by Crippen LogP contribution is 2.36. The zero-order chi connectivity index (χ0) is 20.4. The number of carbonyl (C=O) groups excluding carboxylic acids is 1. The first-order chi connectivity index (χ1) is 14.0. The van der Waals surface area contributed by atoms with Crippen molar-refractivity contribution >= 4 is 5.91 Å². The summed E-state index contributed by atoms with van der Waals surface area (Å²) in [5, 5.41) is 15.7. The molecule has 7 nitrogen and oxygen atoms in total. The van der Waals surface area contributed by atoms with Crippen LogP contribution in [0.5, 0.6) is 0 Å². The van der Waals surface area contributed by atoms with E-state index in [1.165, 1.54) is 0 Å². The number of ether oxygens (including phenoxy) is 1. The first kappa shape index (κ1) is 20.1. The Kier molecular flexibility index (Phi) is 5.72. The minimum Gasteiger partial charge on any atom is -0.383 e. The molecule has 0 saturated carbocycles. The lowest BCUT2D eigenvalue weighted by Crippen LogP contribution is -2.63. The second-order valence-corrected chi connectivity index (χ2v) is 8.02. The molecule has 2 saturated heterocycles. The largest absolute Gasteiger partial charge is 0.383 e. The van der Waals surface area contributed by atoms with Gasteiger partial charge in [-0.25, -0.2) is 0 Å². The minimum absolute atomic E-state index is 0.0489. The van der Waals surface area contributed by atoms with Crippen LogP contribution in [-0.2, 0) is 21.6 Å². The fraction of sp³-hybridized carbons (Fsp3) is 0.545. The van der Waals surface area contributed by atoms with Gasteiger partial charge in [0.1, 0.15) is 11.4 Å². The molecule has 3 heterocycles. The number of aryl methyl sites for hydroxylation is 2. The summed E-state index contributed by atoms with van der Waals surface area (Å²) < 4.78 is 10.7. The van der Waals surface area contributed by atoms with Gasteiger partial charge < -0.3 is 19.3 Å². The van der Waals surface area contributed by atoms with E-state index in [2.05, 4.69) is 10.1 Å². The molecule has 7 heteroatoms. The molecule has 2 fully saturated rings. The Bertz CT molecular complexity index is 827. The van der Waals surface area contributed by atoms with Gasteiger partial charge in [0.15, 0.2) is 0 Å². The molecule has 0 radical (unpaired) electrons. The summed E-state index contributed by atoms with van der Waals surface area (Å²) in [4.78, 5) is 17.2. The number of morpholine rings is 1. The average Bonchev–Trinajstić information content (AvgIpc) is 3.07. The van der Waals surface area contributed by atoms with Crippen LogP contribution in [0.2, 0.25) is 0 Å². The van der Waals surface area contributed by atoms with E-state index in [0.29, 0.717) is 38.5 Å². The van der Waals surface area contributed by atoms with Gasteiger partial charge in [0.05, 0.1) is 31.4 Å². The minimum atomic E-state index is -0.988. The summed E-state index contributed by atoms with van der Waals surface area (Å²) in [6, 6.07) is 9.66. The van der Waals surface area contributed by atoms with E-state index in [1.54, 1.807) is 0 Å². The van der Waals surface area contributed by atoms with E-state index in [9.17, 15) is 9.90 Å². The van der Waals surface area contributed by atoms with E-state index >= 15 is 0 Å². The number of hydrogen-bond acceptors (Lipinski definition) is 6. The molecule has 2 atom stereocenters. The van der Waals surface area contributed by atoms with Crippen LogP contribution in [-0.4, -0.2) is 71.4 Å². The van der Waals surface area contributed by atoms with Crippen LogP contribution in [0, 0.1) is 13.8 Å². The molecular weight excluding hydrogens is 370 g/mol. The number of nitrogens with zero attached hydrogens (tertiary/aromatic N) is 3. The molecule has 0 bridgehead atoms. The van der Waals surface area contributed by atoms with Crippen molar-refractivity contribution in [2.75, 3.05) is 39.4 Å². The fourth-order valence-corrected chi connectivity index (χ4v) is 4.54. The topological polar surface area (TPSA) is 79.0 Å². The summed E-state index contributed by atoms with van der Waals surface area (Å²) in [7, 11) is 0. The van der Waals surface area contributed by atoms with Gasteiger partial charge in [-0.2, -0.15) is 0 Å². The van der Waals surface area contributed by atoms with Crippen LogP contribution in [0.1, 0.15) is 29.0 Å². The molecule has 0 unspecified atom stereocenters. The number of likely N-dealkylation sites (tertiary alicyclic amines) is 1. The second-order valence-electron chi connectivity index (χ2n) is 8.02. The SMILES string of the molecule is Cc1noc(C)c1CC(=O)N1CC[C@](O)(c2ccccc2)[C@H](N2CCOCC2)C1. The molecule has 0 spiro atoms. The monoisotopic (exact) mass is 399 g/mol. The Morgan fingerprint density at radius 2 is 1.93 bits per heavy atom. The number of hydrogen-bond donors (Lipinski definition) is 1. The Labute approximate surface area is 171 Å². The Balaban J connectivity index is 1.57. The highest BCUT2D eigenvalue weighted by Gasteiger charge is 2.47. The molecule has 2 aliphatic rings. The molecule has 156 valence electrons. The third kappa shape index (κ3) is 3.95. The molecule has 1 aromatic heterocycles. The Hall–Kier alpha value is -2.22. The molecule has 4 rings (SSSR count). The van der Waals surface area contributed by atoms with Crippen molar-refractivity contribution in [3.8, 4) is 0 Å². The second kappa shape index (κ2) is 8.26. The fourth-order valence-electron chi connectivity index (χ4n) is 4.54. The third-order valence-electron chi connectivity index (χ3n) is 6.33. The third-order valence-corrected chi connectivity index (χ3v) is 6.33. The van der Waals surface area contributed by atoms with E-state index in [1.807, 2.05) is 49.1 Å². The lowest BCUT2D eigenvalue weighted by molar-refractivity contribution is -0.147. The molecule has 2 aromatic rings. The maximum atomic E-state index is 13.1. The van der Waals surface area contributed by atoms with Gasteiger partial charge in [-0.3, -0.25) is 9.69 Å². The van der Waals surface area contributed by atoms with Gasteiger partial charge in [0, 0.05) is 31.7 Å². The number of rotatable bonds is 4. The first-order valence-corrected chi connectivity index (χ1v) is 10.3. The van der Waals surface area contributed by atoms with Crippen molar-refractivity contribution in [3.63, 3.8) is 0 Å². The smallest absolute Gasteiger partial charge is 0.227 e. The molecule has 1 aromatic carbocycles. The quantitative estimate of drug-likeness (QED) is 0.842. The standard InChI is InChI=1S/C22H29N3O4/c1-16-19(17(2)29-23-16)14-21(26)25-9-8-22(27,18-6-4-3-5-7-18)20(15-25)24-10-12-28-13-11-24/h3-7,20,27H,8-15H2,1-2H3/t20-,22+/m1/s1. The number of carbonyl (C=O) groups is 1. The van der Waals surface area contributed by atoms with E-state index in [4.69, 9.17) is 9.26 Å². The number of piperidine rings is 1. The van der Waals surface area contributed by atoms with Gasteiger partial charge in [0.25, 0.3) is 0 Å². The highest BCUT2D eigenvalue weighted by atomic mass is 16.5. The number of aliphatic hydroxyl groups is 1. The van der Waals surface area contributed by atoms with E-state index < -0.39 is 5.60 Å². The first-order valence-electron chi connectivity index (χ1n) is 10.3. The maximum Gasteiger partial charge on any atom is 0.227 e. The molecule has 1 amide bonds. The van der Waals surface area contributed by atoms with Crippen LogP contribution in [0.15, 0.2) is 34.9 Å². The molecule has 2 aliphatic heterocycles. The number of amides is 1. The zero-order valence-electron chi connectivity index (χ0n) is 17.1. The van der Waals surface area contributed by atoms with Gasteiger partial charge in [-0.15, -0.1) is 0 Å². The molecule has 29 heavy (non-hydrogen) atoms. The molecule has 0 aliphatic carbocycles. The van der Waals surface area contributed by atoms with Crippen molar-refractivity contribution < 1.29 is 19.2 Å². The van der Waals surface area contributed by atoms with Gasteiger partial charge in [0.2, 0.25) is 5.91 Å². The van der Waals surface area contributed by atoms with E-state index in [-0.39, 0.29) is 18.4 Å². The zero-order valence-corrected chi connectivity index (χ0v) is 17.1. The van der Waals surface area contributed by atoms with Crippen molar-refractivity contribution in [1.82, 2.24) is 15.0 Å². The van der Waals surface area contributed by atoms with Crippen LogP contribution >= 0.6 is 0 Å². The summed E-state index contributed by atoms with van der Waals surface area (Å²) in [6.45, 7) is 7.52. The van der Waals surface area contributed by atoms with Gasteiger partial charge in [-0.05, 0) is 25.8 Å². The molecule has 1 N–H and O–H groups in total. The van der Waals surface area contributed by atoms with Crippen molar-refractivity contribution in [1.29, 1.82) is 0 Å². The predicted molar refractivity (Wildman–Crippen MR) is 107 cm³/mol. The Morgan fingerprint density at radius 3 is 2.59 bits per heavy atom. The average molecular weight is 399 g/mol. The summed E-state index contributed by atoms with van der Waals surface area (Å²) in [5.74, 6) is 0.742. The van der Waals surface area contributed by atoms with Gasteiger partial charge in [-0.1, -0.05) is 35.5 Å². The number of aromatic nitrogens is 1. The van der Waals surface area contributed by atoms with E-state index in [0.717, 1.165) is 29.9 Å². The highest BCUT2D eigenvalue weighted by molar-refractivity contribution is 5.79. The lowest BCUT2D eigenvalue weighted by Gasteiger charge is -2.50. The molecular formula is C22H29N3O4. The normalized spacial score (nSPS) is 25.9. The van der Waals surface area contributed by atoms with Crippen molar-refractivity contribution in [2.45, 2.75) is 38.3 Å². The summed E-state index contributed by atoms with van der Waals surface area (Å²) in [6.07, 6.45) is 0.785. The predicted octanol–water partition coefficient (Wildman–Crippen LogP) is 1.65. The van der Waals surface area contributed by atoms with Gasteiger partial charge >= 0.3 is 0 Å². The lowest BCUT2D eigenvalue weighted by atomic mass is 9.79. The number of benzene rings is 1.